The third kappa shape index (κ3) is 7.36. The highest BCUT2D eigenvalue weighted by Gasteiger charge is 2.09. The third-order valence-corrected chi connectivity index (χ3v) is 3.86. The van der Waals surface area contributed by atoms with Crippen LogP contribution in [0.1, 0.15) is 57.6 Å². The van der Waals surface area contributed by atoms with Crippen molar-refractivity contribution in [3.63, 3.8) is 0 Å². The fourth-order valence-electron chi connectivity index (χ4n) is 2.44. The van der Waals surface area contributed by atoms with E-state index in [1.54, 1.807) is 12.1 Å². The molecule has 0 aliphatic carbocycles. The van der Waals surface area contributed by atoms with Gasteiger partial charge in [-0.1, -0.05) is 23.3 Å². The quantitative estimate of drug-likeness (QED) is 0.457. The number of phenols is 2. The molecule has 2 N–H and O–H groups in total. The molecular formula is C20H29FO2. The van der Waals surface area contributed by atoms with Crippen molar-refractivity contribution in [1.29, 1.82) is 0 Å². The maximum atomic E-state index is 12.1. The summed E-state index contributed by atoms with van der Waals surface area (Å²) in [6.45, 7) is 5.92. The van der Waals surface area contributed by atoms with E-state index in [9.17, 15) is 14.6 Å². The number of rotatable bonds is 9. The largest absolute Gasteiger partial charge is 0.508 e. The Bertz CT molecular complexity index is 532. The van der Waals surface area contributed by atoms with Gasteiger partial charge in [0.05, 0.1) is 6.67 Å². The van der Waals surface area contributed by atoms with Gasteiger partial charge in [0.2, 0.25) is 0 Å². The average molecular weight is 320 g/mol. The normalized spacial score (nSPS) is 11.6. The van der Waals surface area contributed by atoms with Crippen molar-refractivity contribution in [3.8, 4) is 11.5 Å². The Balaban J connectivity index is 2.67. The number of phenolic OH excluding ortho intramolecular Hbond substituents is 2. The van der Waals surface area contributed by atoms with Gasteiger partial charge in [0, 0.05) is 5.56 Å². The summed E-state index contributed by atoms with van der Waals surface area (Å²) < 4.78 is 12.1. The van der Waals surface area contributed by atoms with E-state index >= 15 is 0 Å². The summed E-state index contributed by atoms with van der Waals surface area (Å²) in [5, 5.41) is 20.2. The van der Waals surface area contributed by atoms with Crippen LogP contribution >= 0.6 is 0 Å². The minimum Gasteiger partial charge on any atom is -0.508 e. The summed E-state index contributed by atoms with van der Waals surface area (Å²) in [6.07, 6.45) is 8.67. The molecule has 0 aliphatic rings. The van der Waals surface area contributed by atoms with Crippen LogP contribution in [0.15, 0.2) is 35.4 Å². The molecule has 0 heterocycles. The zero-order chi connectivity index (χ0) is 17.2. The van der Waals surface area contributed by atoms with Crippen molar-refractivity contribution < 1.29 is 14.6 Å². The van der Waals surface area contributed by atoms with Gasteiger partial charge in [-0.3, -0.25) is 4.39 Å². The van der Waals surface area contributed by atoms with Gasteiger partial charge in [-0.05, 0) is 77.0 Å². The molecule has 0 saturated heterocycles. The molecule has 0 fully saturated rings. The highest BCUT2D eigenvalue weighted by atomic mass is 19.1. The van der Waals surface area contributed by atoms with E-state index in [1.165, 1.54) is 11.1 Å². The van der Waals surface area contributed by atoms with Gasteiger partial charge in [-0.2, -0.15) is 0 Å². The van der Waals surface area contributed by atoms with Crippen LogP contribution in [0.5, 0.6) is 11.5 Å². The molecule has 0 atom stereocenters. The highest BCUT2D eigenvalue weighted by Crippen LogP contribution is 2.30. The van der Waals surface area contributed by atoms with Crippen molar-refractivity contribution in [1.82, 2.24) is 0 Å². The molecule has 1 aromatic carbocycles. The van der Waals surface area contributed by atoms with Gasteiger partial charge in [0.15, 0.2) is 0 Å². The molecule has 128 valence electrons. The van der Waals surface area contributed by atoms with Crippen LogP contribution in [-0.4, -0.2) is 16.9 Å². The lowest BCUT2D eigenvalue weighted by Crippen LogP contribution is -1.91. The zero-order valence-corrected chi connectivity index (χ0v) is 14.5. The first-order chi connectivity index (χ1) is 10.9. The van der Waals surface area contributed by atoms with Gasteiger partial charge in [-0.25, -0.2) is 0 Å². The second-order valence-corrected chi connectivity index (χ2v) is 6.33. The number of benzene rings is 1. The van der Waals surface area contributed by atoms with Crippen LogP contribution in [0.2, 0.25) is 0 Å². The van der Waals surface area contributed by atoms with E-state index in [-0.39, 0.29) is 18.2 Å². The summed E-state index contributed by atoms with van der Waals surface area (Å²) >= 11 is 0. The Morgan fingerprint density at radius 2 is 1.70 bits per heavy atom. The maximum absolute atomic E-state index is 12.1. The van der Waals surface area contributed by atoms with Crippen molar-refractivity contribution in [2.45, 2.75) is 59.3 Å². The number of unbranched alkanes of at least 4 members (excludes halogenated alkanes) is 1. The molecule has 23 heavy (non-hydrogen) atoms. The molecule has 0 spiro atoms. The number of halogens is 1. The number of aromatic hydroxyl groups is 2. The predicted molar refractivity (Wildman–Crippen MR) is 94.8 cm³/mol. The lowest BCUT2D eigenvalue weighted by Gasteiger charge is -2.09. The van der Waals surface area contributed by atoms with E-state index in [1.807, 2.05) is 0 Å². The van der Waals surface area contributed by atoms with Crippen LogP contribution in [-0.2, 0) is 12.8 Å². The van der Waals surface area contributed by atoms with Crippen molar-refractivity contribution in [2.24, 2.45) is 0 Å². The second-order valence-electron chi connectivity index (χ2n) is 6.33. The van der Waals surface area contributed by atoms with Crippen LogP contribution in [0.4, 0.5) is 4.39 Å². The SMILES string of the molecule is CC(C)=CCC/C(C)=C/Cc1c(O)cc(CCCCF)cc1O. The van der Waals surface area contributed by atoms with E-state index in [0.717, 1.165) is 24.8 Å². The second kappa shape index (κ2) is 10.1. The number of allylic oxidation sites excluding steroid dienone is 4. The summed E-state index contributed by atoms with van der Waals surface area (Å²) in [4.78, 5) is 0. The standard InChI is InChI=1S/C20H29FO2/c1-15(2)7-6-8-16(3)10-11-18-19(22)13-17(14-20(18)23)9-4-5-12-21/h7,10,13-14,22-23H,4-6,8-9,11-12H2,1-3H3/b16-10+. The van der Waals surface area contributed by atoms with Crippen molar-refractivity contribution in [3.05, 3.63) is 46.6 Å². The molecule has 0 radical (unpaired) electrons. The summed E-state index contributed by atoms with van der Waals surface area (Å²) in [6, 6.07) is 3.36. The lowest BCUT2D eigenvalue weighted by molar-refractivity contribution is 0.438. The molecule has 3 heteroatoms. The fraction of sp³-hybridized carbons (Fsp3) is 0.500. The van der Waals surface area contributed by atoms with Crippen LogP contribution < -0.4 is 0 Å². The first kappa shape index (κ1) is 19.3. The van der Waals surface area contributed by atoms with Crippen molar-refractivity contribution >= 4 is 0 Å². The maximum Gasteiger partial charge on any atom is 0.123 e. The summed E-state index contributed by atoms with van der Waals surface area (Å²) in [7, 11) is 0. The number of aryl methyl sites for hydroxylation is 1. The van der Waals surface area contributed by atoms with Crippen LogP contribution in [0, 0.1) is 0 Å². The predicted octanol–water partition coefficient (Wildman–Crippen LogP) is 5.63. The molecule has 1 rings (SSSR count). The van der Waals surface area contributed by atoms with Crippen LogP contribution in [0.25, 0.3) is 0 Å². The molecule has 0 amide bonds. The molecule has 2 nitrogen and oxygen atoms in total. The molecule has 0 aliphatic heterocycles. The van der Waals surface area contributed by atoms with Gasteiger partial charge < -0.3 is 10.2 Å². The first-order valence-corrected chi connectivity index (χ1v) is 8.32. The Hall–Kier alpha value is -1.77. The van der Waals surface area contributed by atoms with Gasteiger partial charge in [-0.15, -0.1) is 0 Å². The number of hydrogen-bond donors (Lipinski definition) is 2. The van der Waals surface area contributed by atoms with E-state index in [0.29, 0.717) is 24.8 Å². The zero-order valence-electron chi connectivity index (χ0n) is 14.5. The Morgan fingerprint density at radius 3 is 2.26 bits per heavy atom. The molecule has 0 saturated carbocycles. The van der Waals surface area contributed by atoms with Crippen LogP contribution in [0.3, 0.4) is 0 Å². The Morgan fingerprint density at radius 1 is 1.04 bits per heavy atom. The molecule has 0 bridgehead atoms. The fourth-order valence-corrected chi connectivity index (χ4v) is 2.44. The third-order valence-electron chi connectivity index (χ3n) is 3.86. The summed E-state index contributed by atoms with van der Waals surface area (Å²) in [5.41, 5.74) is 3.96. The minimum atomic E-state index is -0.327. The van der Waals surface area contributed by atoms with Gasteiger partial charge >= 0.3 is 0 Å². The summed E-state index contributed by atoms with van der Waals surface area (Å²) in [5.74, 6) is 0.238. The molecule has 1 aromatic rings. The van der Waals surface area contributed by atoms with E-state index in [4.69, 9.17) is 0 Å². The lowest BCUT2D eigenvalue weighted by atomic mass is 10.0. The highest BCUT2D eigenvalue weighted by molar-refractivity contribution is 5.47. The number of hydrogen-bond acceptors (Lipinski definition) is 2. The van der Waals surface area contributed by atoms with Crippen molar-refractivity contribution in [2.75, 3.05) is 6.67 Å². The first-order valence-electron chi connectivity index (χ1n) is 8.32. The van der Waals surface area contributed by atoms with E-state index < -0.39 is 0 Å². The van der Waals surface area contributed by atoms with E-state index in [2.05, 4.69) is 32.9 Å². The topological polar surface area (TPSA) is 40.5 Å². The molecule has 0 unspecified atom stereocenters. The van der Waals surface area contributed by atoms with Gasteiger partial charge in [0.1, 0.15) is 11.5 Å². The monoisotopic (exact) mass is 320 g/mol. The molecular weight excluding hydrogens is 291 g/mol. The number of alkyl halides is 1. The Kier molecular flexibility index (Phi) is 8.46. The smallest absolute Gasteiger partial charge is 0.123 e. The minimum absolute atomic E-state index is 0.119. The molecule has 0 aromatic heterocycles. The average Bonchev–Trinajstić information content (AvgIpc) is 2.46. The van der Waals surface area contributed by atoms with Gasteiger partial charge in [0.25, 0.3) is 0 Å². The Labute approximate surface area is 139 Å².